The number of rotatable bonds is 6. The van der Waals surface area contributed by atoms with E-state index in [4.69, 9.17) is 0 Å². The highest BCUT2D eigenvalue weighted by molar-refractivity contribution is 5.97. The van der Waals surface area contributed by atoms with Gasteiger partial charge in [-0.1, -0.05) is 6.07 Å². The maximum atomic E-state index is 15.1. The molecule has 202 valence electrons. The number of aliphatic hydroxyl groups is 2. The molecule has 0 spiro atoms. The fourth-order valence-electron chi connectivity index (χ4n) is 4.74. The zero-order chi connectivity index (χ0) is 27.5. The number of amides is 1. The average Bonchev–Trinajstić information content (AvgIpc) is 3.61. The number of alkyl halides is 2. The molecule has 2 aliphatic rings. The van der Waals surface area contributed by atoms with Crippen LogP contribution in [0.1, 0.15) is 30.1 Å². The van der Waals surface area contributed by atoms with Crippen molar-refractivity contribution in [3.05, 3.63) is 63.7 Å². The van der Waals surface area contributed by atoms with Gasteiger partial charge in [0.05, 0.1) is 23.6 Å². The van der Waals surface area contributed by atoms with Crippen molar-refractivity contribution >= 4 is 22.8 Å². The van der Waals surface area contributed by atoms with Crippen LogP contribution in [0.25, 0.3) is 16.7 Å². The summed E-state index contributed by atoms with van der Waals surface area (Å²) in [7, 11) is 0. The Bertz CT molecular complexity index is 1460. The molecule has 38 heavy (non-hydrogen) atoms. The van der Waals surface area contributed by atoms with Gasteiger partial charge in [-0.15, -0.1) is 0 Å². The van der Waals surface area contributed by atoms with Crippen LogP contribution in [-0.4, -0.2) is 62.9 Å². The largest absolute Gasteiger partial charge is 0.389 e. The van der Waals surface area contributed by atoms with Crippen LogP contribution in [0.4, 0.5) is 27.8 Å². The molecule has 3 atom stereocenters. The molecule has 1 saturated heterocycles. The highest BCUT2D eigenvalue weighted by Gasteiger charge is 2.46. The Balaban J connectivity index is 1.71. The Labute approximate surface area is 212 Å². The number of carbonyl (C=O) groups is 1. The molecule has 2 fully saturated rings. The van der Waals surface area contributed by atoms with Gasteiger partial charge in [0.25, 0.3) is 11.8 Å². The molecule has 13 heteroatoms. The first kappa shape index (κ1) is 26.0. The number of hydrogen-bond donors (Lipinski definition) is 3. The summed E-state index contributed by atoms with van der Waals surface area (Å²) in [5.74, 6) is -8.69. The minimum atomic E-state index is -3.31. The Hall–Kier alpha value is -3.58. The third kappa shape index (κ3) is 4.60. The summed E-state index contributed by atoms with van der Waals surface area (Å²) in [6.45, 7) is 0.225. The first-order valence-electron chi connectivity index (χ1n) is 11.9. The van der Waals surface area contributed by atoms with Crippen molar-refractivity contribution in [2.24, 2.45) is 5.92 Å². The molecule has 8 nitrogen and oxygen atoms in total. The molecule has 5 rings (SSSR count). The molecular formula is C25H23F5N4O4. The van der Waals surface area contributed by atoms with Gasteiger partial charge in [0.15, 0.2) is 17.3 Å². The van der Waals surface area contributed by atoms with Gasteiger partial charge in [-0.2, -0.15) is 0 Å². The van der Waals surface area contributed by atoms with Crippen molar-refractivity contribution in [3.63, 3.8) is 0 Å². The third-order valence-electron chi connectivity index (χ3n) is 6.82. The van der Waals surface area contributed by atoms with Crippen molar-refractivity contribution in [2.45, 2.75) is 43.9 Å². The summed E-state index contributed by atoms with van der Waals surface area (Å²) in [6.07, 6.45) is -0.731. The summed E-state index contributed by atoms with van der Waals surface area (Å²) in [5, 5.41) is 21.3. The van der Waals surface area contributed by atoms with Crippen molar-refractivity contribution in [1.82, 2.24) is 14.9 Å². The van der Waals surface area contributed by atoms with Crippen LogP contribution in [0.2, 0.25) is 0 Å². The van der Waals surface area contributed by atoms with Gasteiger partial charge >= 0.3 is 0 Å². The van der Waals surface area contributed by atoms with Crippen LogP contribution in [0.3, 0.4) is 0 Å². The minimum Gasteiger partial charge on any atom is -0.389 e. The molecule has 0 radical (unpaired) electrons. The second-order valence-corrected chi connectivity index (χ2v) is 9.76. The van der Waals surface area contributed by atoms with Gasteiger partial charge in [0.1, 0.15) is 22.9 Å². The number of carbonyl (C=O) groups excluding carboxylic acids is 1. The number of pyridine rings is 2. The van der Waals surface area contributed by atoms with Gasteiger partial charge in [0.2, 0.25) is 5.43 Å². The lowest BCUT2D eigenvalue weighted by molar-refractivity contribution is -0.0239. The number of nitrogens with one attached hydrogen (secondary N) is 1. The van der Waals surface area contributed by atoms with E-state index in [1.54, 1.807) is 0 Å². The smallest absolute Gasteiger partial charge is 0.265 e. The molecule has 3 N–H and O–H groups in total. The number of hydrogen-bond acceptors (Lipinski definition) is 6. The first-order valence-corrected chi connectivity index (χ1v) is 11.9. The molecule has 1 saturated carbocycles. The van der Waals surface area contributed by atoms with Gasteiger partial charge in [-0.3, -0.25) is 14.2 Å². The number of fused-ring (bicyclic) bond motifs is 1. The monoisotopic (exact) mass is 538 g/mol. The molecule has 2 aromatic heterocycles. The van der Waals surface area contributed by atoms with Crippen LogP contribution in [0, 0.1) is 23.4 Å². The number of halogens is 5. The highest BCUT2D eigenvalue weighted by Crippen LogP contribution is 2.39. The predicted octanol–water partition coefficient (Wildman–Crippen LogP) is 2.51. The molecule has 1 unspecified atom stereocenters. The number of β-amino-alcohol motifs (C(OH)–C–C–N with tert-alkyl or cyclic N) is 2. The summed E-state index contributed by atoms with van der Waals surface area (Å²) < 4.78 is 73.9. The summed E-state index contributed by atoms with van der Waals surface area (Å²) in [6, 6.07) is 2.06. The van der Waals surface area contributed by atoms with Crippen LogP contribution in [0.5, 0.6) is 0 Å². The summed E-state index contributed by atoms with van der Waals surface area (Å²) >= 11 is 0. The molecule has 1 aliphatic carbocycles. The molecule has 3 heterocycles. The summed E-state index contributed by atoms with van der Waals surface area (Å²) in [5.41, 5.74) is -2.99. The number of para-hydroxylation sites is 1. The normalized spacial score (nSPS) is 20.7. The van der Waals surface area contributed by atoms with Crippen LogP contribution in [0.15, 0.2) is 35.3 Å². The Morgan fingerprint density at radius 1 is 1.11 bits per heavy atom. The Kier molecular flexibility index (Phi) is 6.38. The Morgan fingerprint density at radius 3 is 2.26 bits per heavy atom. The van der Waals surface area contributed by atoms with Crippen LogP contribution >= 0.6 is 0 Å². The van der Waals surface area contributed by atoms with Gasteiger partial charge in [0, 0.05) is 26.2 Å². The topological polar surface area (TPSA) is 108 Å². The number of anilines is 1. The maximum absolute atomic E-state index is 15.1. The van der Waals surface area contributed by atoms with Crippen molar-refractivity contribution in [2.75, 3.05) is 18.0 Å². The second-order valence-electron chi connectivity index (χ2n) is 9.76. The average molecular weight is 538 g/mol. The summed E-state index contributed by atoms with van der Waals surface area (Å²) in [4.78, 5) is 31.6. The standard InChI is InChI=1S/C25H23F5N4O4/c1-25(29,30)21(11-5-6-11)31-24(38)13-8-34(19-14(26)3-2-4-15(19)27)22-12(20(13)37)7-16(28)23(32-22)33-9-17(35)18(36)10-33/h2-4,7-8,11,17-18,21,35-36H,5-6,9-10H2,1H3,(H,31,38)/t17-,18-,21?/m1/s1. The lowest BCUT2D eigenvalue weighted by Gasteiger charge is -2.25. The molecule has 0 bridgehead atoms. The van der Waals surface area contributed by atoms with E-state index in [0.29, 0.717) is 19.8 Å². The number of aromatic nitrogens is 2. The molecule has 1 amide bonds. The van der Waals surface area contributed by atoms with E-state index in [-0.39, 0.29) is 13.1 Å². The van der Waals surface area contributed by atoms with E-state index >= 15 is 4.39 Å². The van der Waals surface area contributed by atoms with E-state index in [9.17, 15) is 37.4 Å². The minimum absolute atomic E-state index is 0.205. The van der Waals surface area contributed by atoms with E-state index < -0.39 is 87.0 Å². The van der Waals surface area contributed by atoms with Gasteiger partial charge in [-0.25, -0.2) is 26.9 Å². The zero-order valence-corrected chi connectivity index (χ0v) is 20.0. The lowest BCUT2D eigenvalue weighted by Crippen LogP contribution is -2.48. The van der Waals surface area contributed by atoms with Crippen LogP contribution in [-0.2, 0) is 0 Å². The van der Waals surface area contributed by atoms with E-state index in [2.05, 4.69) is 10.3 Å². The quantitative estimate of drug-likeness (QED) is 0.417. The van der Waals surface area contributed by atoms with Crippen LogP contribution < -0.4 is 15.6 Å². The van der Waals surface area contributed by atoms with E-state index in [1.165, 1.54) is 4.90 Å². The fourth-order valence-corrected chi connectivity index (χ4v) is 4.74. The first-order chi connectivity index (χ1) is 17.9. The van der Waals surface area contributed by atoms with Crippen molar-refractivity contribution in [1.29, 1.82) is 0 Å². The fraction of sp³-hybridized carbons (Fsp3) is 0.400. The number of aliphatic hydroxyl groups excluding tert-OH is 2. The zero-order valence-electron chi connectivity index (χ0n) is 20.0. The predicted molar refractivity (Wildman–Crippen MR) is 126 cm³/mol. The molecule has 3 aromatic rings. The van der Waals surface area contributed by atoms with E-state index in [0.717, 1.165) is 35.0 Å². The van der Waals surface area contributed by atoms with Gasteiger partial charge in [-0.05, 0) is 37.0 Å². The lowest BCUT2D eigenvalue weighted by atomic mass is 10.1. The third-order valence-corrected chi connectivity index (χ3v) is 6.82. The highest BCUT2D eigenvalue weighted by atomic mass is 19.3. The molecule has 1 aliphatic heterocycles. The maximum Gasteiger partial charge on any atom is 0.265 e. The molecular weight excluding hydrogens is 515 g/mol. The molecule has 1 aromatic carbocycles. The van der Waals surface area contributed by atoms with Crippen molar-refractivity contribution in [3.8, 4) is 5.69 Å². The second kappa shape index (κ2) is 9.31. The SMILES string of the molecule is CC(F)(F)C(NC(=O)c1cn(-c2c(F)cccc2F)c2nc(N3C[C@@H](O)[C@H](O)C3)c(F)cc2c1=O)C1CC1. The number of nitrogens with zero attached hydrogens (tertiary/aromatic N) is 3. The Morgan fingerprint density at radius 2 is 1.71 bits per heavy atom. The van der Waals surface area contributed by atoms with Gasteiger partial charge < -0.3 is 20.4 Å². The number of benzene rings is 1. The van der Waals surface area contributed by atoms with E-state index in [1.807, 2.05) is 0 Å². The van der Waals surface area contributed by atoms with Crippen molar-refractivity contribution < 1.29 is 37.0 Å².